The van der Waals surface area contributed by atoms with Gasteiger partial charge in [-0.15, -0.1) is 4.63 Å². The van der Waals surface area contributed by atoms with Gasteiger partial charge in [-0.25, -0.2) is 8.78 Å². The molecular weight excluding hydrogens is 320 g/mol. The van der Waals surface area contributed by atoms with E-state index in [0.29, 0.717) is 11.0 Å². The highest BCUT2D eigenvalue weighted by atomic mass is 19.2. The molecule has 0 fully saturated rings. The first-order valence-corrected chi connectivity index (χ1v) is 5.77. The number of amidine groups is 1. The highest BCUT2D eigenvalue weighted by Gasteiger charge is 2.32. The van der Waals surface area contributed by atoms with Gasteiger partial charge < -0.3 is 15.0 Å². The first-order chi connectivity index (χ1) is 11.0. The molecule has 0 N–H and O–H groups in total. The molecular formula is C11H7F2N5O5. The van der Waals surface area contributed by atoms with Crippen molar-refractivity contribution in [1.82, 2.24) is 10.3 Å². The van der Waals surface area contributed by atoms with E-state index in [9.17, 15) is 23.7 Å². The van der Waals surface area contributed by atoms with E-state index in [2.05, 4.69) is 24.9 Å². The van der Waals surface area contributed by atoms with Gasteiger partial charge in [0, 0.05) is 6.07 Å². The number of nitro groups is 1. The number of rotatable bonds is 5. The van der Waals surface area contributed by atoms with Crippen LogP contribution in [0.2, 0.25) is 0 Å². The maximum Gasteiger partial charge on any atom is 0.446 e. The van der Waals surface area contributed by atoms with Gasteiger partial charge in [-0.3, -0.25) is 9.69 Å². The standard InChI is InChI=1S/C11H7F2N5O5/c1-22-15-10(9-11(18(20)21)16-23-14-9)17(5-19)6-2-3-7(12)8(13)4-6/h2-5H,1H3/b15-10-. The van der Waals surface area contributed by atoms with Crippen molar-refractivity contribution in [2.45, 2.75) is 0 Å². The minimum atomic E-state index is -1.24. The lowest BCUT2D eigenvalue weighted by molar-refractivity contribution is -0.391. The molecule has 0 aliphatic carbocycles. The number of amides is 1. The van der Waals surface area contributed by atoms with Crippen molar-refractivity contribution in [1.29, 1.82) is 0 Å². The Labute approximate surface area is 126 Å². The Hall–Kier alpha value is -3.44. The van der Waals surface area contributed by atoms with E-state index >= 15 is 0 Å². The lowest BCUT2D eigenvalue weighted by Gasteiger charge is -2.16. The fraction of sp³-hybridized carbons (Fsp3) is 0.0909. The summed E-state index contributed by atoms with van der Waals surface area (Å²) in [5.41, 5.74) is -0.708. The molecule has 0 saturated carbocycles. The maximum absolute atomic E-state index is 13.3. The summed E-state index contributed by atoms with van der Waals surface area (Å²) in [4.78, 5) is 26.4. The van der Waals surface area contributed by atoms with Gasteiger partial charge in [0.05, 0.1) is 5.69 Å². The highest BCUT2D eigenvalue weighted by molar-refractivity contribution is 6.18. The van der Waals surface area contributed by atoms with Gasteiger partial charge in [-0.1, -0.05) is 5.16 Å². The monoisotopic (exact) mass is 327 g/mol. The van der Waals surface area contributed by atoms with Crippen LogP contribution in [0, 0.1) is 21.7 Å². The third kappa shape index (κ3) is 3.09. The molecule has 1 amide bonds. The van der Waals surface area contributed by atoms with Gasteiger partial charge in [0.2, 0.25) is 12.2 Å². The van der Waals surface area contributed by atoms with Crippen molar-refractivity contribution < 1.29 is 28.0 Å². The maximum atomic E-state index is 13.3. The molecule has 10 nitrogen and oxygen atoms in total. The van der Waals surface area contributed by atoms with Crippen molar-refractivity contribution in [2.75, 3.05) is 12.0 Å². The second-order valence-corrected chi connectivity index (χ2v) is 3.86. The van der Waals surface area contributed by atoms with E-state index < -0.39 is 33.9 Å². The van der Waals surface area contributed by atoms with Gasteiger partial charge in [0.25, 0.3) is 5.69 Å². The topological polar surface area (TPSA) is 124 Å². The molecule has 0 bridgehead atoms. The molecule has 0 aliphatic heterocycles. The average molecular weight is 327 g/mol. The Bertz CT molecular complexity index is 778. The fourth-order valence-electron chi connectivity index (χ4n) is 1.60. The van der Waals surface area contributed by atoms with Crippen LogP contribution < -0.4 is 4.90 Å². The van der Waals surface area contributed by atoms with Crippen molar-refractivity contribution in [3.8, 4) is 0 Å². The van der Waals surface area contributed by atoms with Crippen LogP contribution in [0.4, 0.5) is 20.3 Å². The summed E-state index contributed by atoms with van der Waals surface area (Å²) in [5.74, 6) is -3.71. The van der Waals surface area contributed by atoms with E-state index in [-0.39, 0.29) is 12.1 Å². The van der Waals surface area contributed by atoms with Gasteiger partial charge in [0.15, 0.2) is 16.8 Å². The van der Waals surface area contributed by atoms with Crippen LogP contribution in [-0.4, -0.2) is 34.6 Å². The summed E-state index contributed by atoms with van der Waals surface area (Å²) >= 11 is 0. The molecule has 12 heteroatoms. The van der Waals surface area contributed by atoms with E-state index in [1.54, 1.807) is 0 Å². The lowest BCUT2D eigenvalue weighted by atomic mass is 10.2. The number of hydrogen-bond acceptors (Lipinski definition) is 8. The van der Waals surface area contributed by atoms with E-state index in [0.717, 1.165) is 19.2 Å². The first-order valence-electron chi connectivity index (χ1n) is 5.77. The smallest absolute Gasteiger partial charge is 0.397 e. The second-order valence-electron chi connectivity index (χ2n) is 3.86. The van der Waals surface area contributed by atoms with Crippen LogP contribution in [-0.2, 0) is 9.63 Å². The number of nitrogens with zero attached hydrogens (tertiary/aromatic N) is 5. The molecule has 0 spiro atoms. The average Bonchev–Trinajstić information content (AvgIpc) is 3.00. The Morgan fingerprint density at radius 2 is 2.17 bits per heavy atom. The van der Waals surface area contributed by atoms with Crippen molar-refractivity contribution in [2.24, 2.45) is 5.16 Å². The van der Waals surface area contributed by atoms with Crippen molar-refractivity contribution in [3.63, 3.8) is 0 Å². The molecule has 23 heavy (non-hydrogen) atoms. The number of carbonyl (C=O) groups is 1. The molecule has 1 aromatic carbocycles. The van der Waals surface area contributed by atoms with Crippen LogP contribution in [0.3, 0.4) is 0 Å². The van der Waals surface area contributed by atoms with Crippen molar-refractivity contribution in [3.05, 3.63) is 45.6 Å². The largest absolute Gasteiger partial charge is 0.446 e. The zero-order valence-corrected chi connectivity index (χ0v) is 11.3. The summed E-state index contributed by atoms with van der Waals surface area (Å²) in [6.07, 6.45) is 0.156. The van der Waals surface area contributed by atoms with E-state index in [1.165, 1.54) is 0 Å². The Morgan fingerprint density at radius 1 is 1.43 bits per heavy atom. The number of halogens is 2. The zero-order valence-electron chi connectivity index (χ0n) is 11.3. The lowest BCUT2D eigenvalue weighted by Crippen LogP contribution is -2.31. The molecule has 0 saturated heterocycles. The van der Waals surface area contributed by atoms with Gasteiger partial charge in [0.1, 0.15) is 7.11 Å². The predicted molar refractivity (Wildman–Crippen MR) is 69.4 cm³/mol. The third-order valence-electron chi connectivity index (χ3n) is 2.55. The van der Waals surface area contributed by atoms with E-state index in [1.807, 2.05) is 0 Å². The Morgan fingerprint density at radius 3 is 2.74 bits per heavy atom. The molecule has 0 unspecified atom stereocenters. The highest BCUT2D eigenvalue weighted by Crippen LogP contribution is 2.22. The minimum absolute atomic E-state index is 0.156. The third-order valence-corrected chi connectivity index (χ3v) is 2.55. The number of aromatic nitrogens is 2. The SMILES string of the molecule is CO/N=C(/c1nonc1[N+](=O)[O-])N(C=O)c1ccc(F)c(F)c1. The number of benzene rings is 1. The molecule has 0 aliphatic rings. The van der Waals surface area contributed by atoms with Crippen LogP contribution in [0.25, 0.3) is 0 Å². The summed E-state index contributed by atoms with van der Waals surface area (Å²) in [6.45, 7) is 0. The first kappa shape index (κ1) is 15.9. The summed E-state index contributed by atoms with van der Waals surface area (Å²) in [7, 11) is 1.10. The molecule has 2 aromatic rings. The van der Waals surface area contributed by atoms with Crippen molar-refractivity contribution >= 4 is 23.8 Å². The van der Waals surface area contributed by atoms with Crippen LogP contribution in [0.1, 0.15) is 5.69 Å². The summed E-state index contributed by atoms with van der Waals surface area (Å²) < 4.78 is 30.6. The molecule has 1 aromatic heterocycles. The molecule has 0 atom stereocenters. The quantitative estimate of drug-likeness (QED) is 0.266. The number of anilines is 1. The molecule has 120 valence electrons. The number of carbonyl (C=O) groups excluding carboxylic acids is 1. The summed E-state index contributed by atoms with van der Waals surface area (Å²) in [6, 6.07) is 2.51. The van der Waals surface area contributed by atoms with Gasteiger partial charge in [-0.2, -0.15) is 0 Å². The Kier molecular flexibility index (Phi) is 4.54. The van der Waals surface area contributed by atoms with E-state index in [4.69, 9.17) is 0 Å². The van der Waals surface area contributed by atoms with Gasteiger partial charge in [-0.05, 0) is 22.2 Å². The van der Waals surface area contributed by atoms with Gasteiger partial charge >= 0.3 is 5.82 Å². The Balaban J connectivity index is 2.56. The fourth-order valence-corrected chi connectivity index (χ4v) is 1.60. The normalized spacial score (nSPS) is 11.2. The second kappa shape index (κ2) is 6.55. The molecule has 2 rings (SSSR count). The minimum Gasteiger partial charge on any atom is -0.397 e. The predicted octanol–water partition coefficient (Wildman–Crippen LogP) is 1.23. The van der Waals surface area contributed by atoms with Crippen LogP contribution in [0.15, 0.2) is 28.0 Å². The van der Waals surface area contributed by atoms with Crippen LogP contribution in [0.5, 0.6) is 0 Å². The van der Waals surface area contributed by atoms with Crippen LogP contribution >= 0.6 is 0 Å². The molecule has 1 heterocycles. The summed E-state index contributed by atoms with van der Waals surface area (Å²) in [5, 5.41) is 20.7. The molecule has 0 radical (unpaired) electrons. The number of hydrogen-bond donors (Lipinski definition) is 0. The number of oxime groups is 1. The zero-order chi connectivity index (χ0) is 17.0.